The van der Waals surface area contributed by atoms with Gasteiger partial charge in [-0.25, -0.2) is 14.2 Å². The van der Waals surface area contributed by atoms with Gasteiger partial charge in [0, 0.05) is 37.1 Å². The summed E-state index contributed by atoms with van der Waals surface area (Å²) in [6, 6.07) is 16.0. The van der Waals surface area contributed by atoms with Crippen LogP contribution in [0.1, 0.15) is 5.56 Å². The first-order valence-electron chi connectivity index (χ1n) is 9.11. The first kappa shape index (κ1) is 18.4. The summed E-state index contributed by atoms with van der Waals surface area (Å²) in [4.78, 5) is 20.8. The van der Waals surface area contributed by atoms with E-state index in [0.29, 0.717) is 26.2 Å². The normalized spacial score (nSPS) is 14.2. The Balaban J connectivity index is 1.30. The van der Waals surface area contributed by atoms with Crippen LogP contribution in [0.3, 0.4) is 0 Å². The lowest BCUT2D eigenvalue weighted by Crippen LogP contribution is -2.48. The third-order valence-electron chi connectivity index (χ3n) is 4.65. The van der Waals surface area contributed by atoms with E-state index in [9.17, 15) is 9.18 Å². The molecule has 1 saturated heterocycles. The Labute approximate surface area is 167 Å². The molecule has 0 unspecified atom stereocenters. The minimum Gasteiger partial charge on any atom is -0.445 e. The van der Waals surface area contributed by atoms with E-state index in [-0.39, 0.29) is 18.5 Å². The standard InChI is InChI=1S/C21H20FN3O2S/c22-18-8-6-17(7-9-18)19-15-28-20(23-19)24-10-12-25(13-11-24)21(26)27-14-16-4-2-1-3-5-16/h1-9,15H,10-14H2. The lowest BCUT2D eigenvalue weighted by atomic mass is 10.2. The van der Waals surface area contributed by atoms with E-state index in [1.54, 1.807) is 28.4 Å². The van der Waals surface area contributed by atoms with Crippen molar-refractivity contribution in [1.29, 1.82) is 0 Å². The third kappa shape index (κ3) is 4.31. The van der Waals surface area contributed by atoms with E-state index < -0.39 is 0 Å². The van der Waals surface area contributed by atoms with Gasteiger partial charge in [0.2, 0.25) is 0 Å². The molecule has 0 bridgehead atoms. The molecule has 144 valence electrons. The van der Waals surface area contributed by atoms with Gasteiger partial charge in [0.05, 0.1) is 5.69 Å². The summed E-state index contributed by atoms with van der Waals surface area (Å²) in [6.45, 7) is 2.89. The average molecular weight is 397 g/mol. The van der Waals surface area contributed by atoms with Crippen LogP contribution in [0.5, 0.6) is 0 Å². The second kappa shape index (κ2) is 8.39. The van der Waals surface area contributed by atoms with E-state index in [2.05, 4.69) is 9.88 Å². The van der Waals surface area contributed by atoms with E-state index in [1.807, 2.05) is 35.7 Å². The van der Waals surface area contributed by atoms with Crippen LogP contribution in [0.2, 0.25) is 0 Å². The molecule has 3 aromatic rings. The monoisotopic (exact) mass is 397 g/mol. The average Bonchev–Trinajstić information content (AvgIpc) is 3.24. The van der Waals surface area contributed by atoms with Crippen LogP contribution < -0.4 is 4.90 Å². The van der Waals surface area contributed by atoms with Crippen molar-refractivity contribution in [3.63, 3.8) is 0 Å². The van der Waals surface area contributed by atoms with Gasteiger partial charge in [-0.05, 0) is 29.8 Å². The fourth-order valence-corrected chi connectivity index (χ4v) is 3.94. The summed E-state index contributed by atoms with van der Waals surface area (Å²) < 4.78 is 18.5. The number of carbonyl (C=O) groups excluding carboxylic acids is 1. The van der Waals surface area contributed by atoms with Gasteiger partial charge >= 0.3 is 6.09 Å². The third-order valence-corrected chi connectivity index (χ3v) is 5.55. The molecule has 5 nitrogen and oxygen atoms in total. The number of benzene rings is 2. The molecule has 2 aromatic carbocycles. The lowest BCUT2D eigenvalue weighted by molar-refractivity contribution is 0.0942. The quantitative estimate of drug-likeness (QED) is 0.654. The van der Waals surface area contributed by atoms with Gasteiger partial charge < -0.3 is 14.5 Å². The van der Waals surface area contributed by atoms with Gasteiger partial charge in [-0.1, -0.05) is 30.3 Å². The van der Waals surface area contributed by atoms with Gasteiger partial charge in [0.25, 0.3) is 0 Å². The van der Waals surface area contributed by atoms with Crippen molar-refractivity contribution in [3.05, 3.63) is 71.4 Å². The van der Waals surface area contributed by atoms with Gasteiger partial charge in [-0.3, -0.25) is 0 Å². The van der Waals surface area contributed by atoms with Crippen LogP contribution >= 0.6 is 11.3 Å². The van der Waals surface area contributed by atoms with Crippen LogP contribution in [0.15, 0.2) is 60.0 Å². The molecule has 1 fully saturated rings. The Morgan fingerprint density at radius 2 is 1.75 bits per heavy atom. The SMILES string of the molecule is O=C(OCc1ccccc1)N1CCN(c2nc(-c3ccc(F)cc3)cs2)CC1. The van der Waals surface area contributed by atoms with Crippen molar-refractivity contribution >= 4 is 22.6 Å². The fraction of sp³-hybridized carbons (Fsp3) is 0.238. The fourth-order valence-electron chi connectivity index (χ4n) is 3.05. The van der Waals surface area contributed by atoms with Crippen LogP contribution in [-0.4, -0.2) is 42.2 Å². The van der Waals surface area contributed by atoms with Crippen LogP contribution in [-0.2, 0) is 11.3 Å². The van der Waals surface area contributed by atoms with Gasteiger partial charge in [-0.2, -0.15) is 0 Å². The maximum absolute atomic E-state index is 13.1. The highest BCUT2D eigenvalue weighted by molar-refractivity contribution is 7.14. The van der Waals surface area contributed by atoms with Gasteiger partial charge in [0.1, 0.15) is 12.4 Å². The number of hydrogen-bond acceptors (Lipinski definition) is 5. The molecule has 1 aliphatic rings. The highest BCUT2D eigenvalue weighted by Crippen LogP contribution is 2.28. The van der Waals surface area contributed by atoms with Crippen LogP contribution in [0, 0.1) is 5.82 Å². The van der Waals surface area contributed by atoms with E-state index in [1.165, 1.54) is 12.1 Å². The first-order valence-corrected chi connectivity index (χ1v) is 9.99. The van der Waals surface area contributed by atoms with E-state index in [4.69, 9.17) is 4.74 Å². The molecule has 0 atom stereocenters. The van der Waals surface area contributed by atoms with Crippen LogP contribution in [0.25, 0.3) is 11.3 Å². The molecule has 1 aliphatic heterocycles. The van der Waals surface area contributed by atoms with Crippen molar-refractivity contribution in [1.82, 2.24) is 9.88 Å². The summed E-state index contributed by atoms with van der Waals surface area (Å²) in [6.07, 6.45) is -0.283. The summed E-state index contributed by atoms with van der Waals surface area (Å²) >= 11 is 1.56. The van der Waals surface area contributed by atoms with Gasteiger partial charge in [-0.15, -0.1) is 11.3 Å². The van der Waals surface area contributed by atoms with Crippen molar-refractivity contribution in [2.24, 2.45) is 0 Å². The summed E-state index contributed by atoms with van der Waals surface area (Å²) in [7, 11) is 0. The zero-order valence-electron chi connectivity index (χ0n) is 15.3. The number of ether oxygens (including phenoxy) is 1. The van der Waals surface area contributed by atoms with Gasteiger partial charge in [0.15, 0.2) is 5.13 Å². The zero-order chi connectivity index (χ0) is 19.3. The van der Waals surface area contributed by atoms with Crippen molar-refractivity contribution in [3.8, 4) is 11.3 Å². The Kier molecular flexibility index (Phi) is 5.53. The lowest BCUT2D eigenvalue weighted by Gasteiger charge is -2.33. The highest BCUT2D eigenvalue weighted by atomic mass is 32.1. The molecule has 0 N–H and O–H groups in total. The number of carbonyl (C=O) groups is 1. The molecule has 2 heterocycles. The number of halogens is 1. The predicted molar refractivity (Wildman–Crippen MR) is 108 cm³/mol. The first-order chi connectivity index (χ1) is 13.7. The molecular weight excluding hydrogens is 377 g/mol. The number of anilines is 1. The van der Waals surface area contributed by atoms with Crippen molar-refractivity contribution < 1.29 is 13.9 Å². The highest BCUT2D eigenvalue weighted by Gasteiger charge is 2.24. The van der Waals surface area contributed by atoms with E-state index >= 15 is 0 Å². The number of nitrogens with zero attached hydrogens (tertiary/aromatic N) is 3. The molecule has 1 aromatic heterocycles. The summed E-state index contributed by atoms with van der Waals surface area (Å²) in [5.74, 6) is -0.255. The maximum atomic E-state index is 13.1. The summed E-state index contributed by atoms with van der Waals surface area (Å²) in [5.41, 5.74) is 2.71. The molecule has 0 saturated carbocycles. The molecule has 0 aliphatic carbocycles. The number of amides is 1. The topological polar surface area (TPSA) is 45.7 Å². The Hall–Kier alpha value is -2.93. The number of aromatic nitrogens is 1. The number of hydrogen-bond donors (Lipinski definition) is 0. The minimum absolute atomic E-state index is 0.255. The number of rotatable bonds is 4. The molecule has 7 heteroatoms. The smallest absolute Gasteiger partial charge is 0.410 e. The molecular formula is C21H20FN3O2S. The van der Waals surface area contributed by atoms with Crippen molar-refractivity contribution in [2.75, 3.05) is 31.1 Å². The molecule has 28 heavy (non-hydrogen) atoms. The van der Waals surface area contributed by atoms with E-state index in [0.717, 1.165) is 22.0 Å². The molecule has 0 spiro atoms. The van der Waals surface area contributed by atoms with Crippen LogP contribution in [0.4, 0.5) is 14.3 Å². The second-order valence-corrected chi connectivity index (χ2v) is 7.37. The maximum Gasteiger partial charge on any atom is 0.410 e. The largest absolute Gasteiger partial charge is 0.445 e. The zero-order valence-corrected chi connectivity index (χ0v) is 16.1. The second-order valence-electron chi connectivity index (χ2n) is 6.54. The molecule has 0 radical (unpaired) electrons. The Morgan fingerprint density at radius 3 is 2.46 bits per heavy atom. The predicted octanol–water partition coefficient (Wildman–Crippen LogP) is 4.41. The Morgan fingerprint density at radius 1 is 1.04 bits per heavy atom. The van der Waals surface area contributed by atoms with Crippen molar-refractivity contribution in [2.45, 2.75) is 6.61 Å². The number of thiazole rings is 1. The molecule has 1 amide bonds. The molecule has 4 rings (SSSR count). The Bertz CT molecular complexity index is 922. The number of piperazine rings is 1. The summed E-state index contributed by atoms with van der Waals surface area (Å²) in [5, 5.41) is 2.89. The minimum atomic E-state index is -0.283.